The highest BCUT2D eigenvalue weighted by atomic mass is 79.9. The zero-order valence-corrected chi connectivity index (χ0v) is 13.1. The molecule has 0 aliphatic rings. The van der Waals surface area contributed by atoms with Crippen LogP contribution in [0, 0.1) is 5.82 Å². The highest BCUT2D eigenvalue weighted by Crippen LogP contribution is 2.32. The van der Waals surface area contributed by atoms with Crippen LogP contribution in [-0.4, -0.2) is 12.6 Å². The van der Waals surface area contributed by atoms with E-state index in [0.29, 0.717) is 12.3 Å². The van der Waals surface area contributed by atoms with Crippen molar-refractivity contribution in [2.75, 3.05) is 11.9 Å². The molecule has 106 valence electrons. The summed E-state index contributed by atoms with van der Waals surface area (Å²) in [5, 5.41) is 4.96. The van der Waals surface area contributed by atoms with E-state index in [9.17, 15) is 9.18 Å². The topological polar surface area (TPSA) is 38.3 Å². The van der Waals surface area contributed by atoms with Crippen LogP contribution in [0.2, 0.25) is 0 Å². The maximum Gasteiger partial charge on any atom is 0.334 e. The van der Waals surface area contributed by atoms with Gasteiger partial charge < -0.3 is 10.1 Å². The lowest BCUT2D eigenvalue weighted by molar-refractivity contribution is -0.144. The van der Waals surface area contributed by atoms with Crippen LogP contribution in [0.1, 0.15) is 17.8 Å². The van der Waals surface area contributed by atoms with Crippen LogP contribution >= 0.6 is 27.3 Å². The minimum Gasteiger partial charge on any atom is -0.464 e. The maximum atomic E-state index is 12.9. The second-order valence-electron chi connectivity index (χ2n) is 3.97. The average Bonchev–Trinajstić information content (AvgIpc) is 2.84. The number of ether oxygens (including phenoxy) is 1. The van der Waals surface area contributed by atoms with Crippen LogP contribution in [0.15, 0.2) is 40.2 Å². The summed E-state index contributed by atoms with van der Waals surface area (Å²) in [6, 6.07) is 7.11. The van der Waals surface area contributed by atoms with Crippen LogP contribution in [0.3, 0.4) is 0 Å². The van der Waals surface area contributed by atoms with Gasteiger partial charge in [0.25, 0.3) is 0 Å². The monoisotopic (exact) mass is 357 g/mol. The third-order valence-electron chi connectivity index (χ3n) is 2.58. The van der Waals surface area contributed by atoms with Gasteiger partial charge >= 0.3 is 5.97 Å². The molecule has 6 heteroatoms. The van der Waals surface area contributed by atoms with Crippen LogP contribution in [-0.2, 0) is 9.53 Å². The van der Waals surface area contributed by atoms with Crippen LogP contribution in [0.25, 0.3) is 0 Å². The maximum absolute atomic E-state index is 12.9. The van der Waals surface area contributed by atoms with Gasteiger partial charge in [0, 0.05) is 10.2 Å². The van der Waals surface area contributed by atoms with Gasteiger partial charge in [-0.2, -0.15) is 0 Å². The van der Waals surface area contributed by atoms with Gasteiger partial charge in [0.2, 0.25) is 0 Å². The minimum absolute atomic E-state index is 0.309. The molecular weight excluding hydrogens is 345 g/mol. The number of halogens is 2. The molecular formula is C14H13BrFNO2S. The third-order valence-corrected chi connectivity index (χ3v) is 4.52. The second-order valence-corrected chi connectivity index (χ2v) is 5.77. The molecule has 3 nitrogen and oxygen atoms in total. The molecule has 0 radical (unpaired) electrons. The zero-order chi connectivity index (χ0) is 14.5. The second kappa shape index (κ2) is 6.85. The summed E-state index contributed by atoms with van der Waals surface area (Å²) in [4.78, 5) is 12.9. The Labute approximate surface area is 128 Å². The van der Waals surface area contributed by atoms with E-state index in [0.717, 1.165) is 9.35 Å². The molecule has 0 saturated heterocycles. The number of carbonyl (C=O) groups excluding carboxylic acids is 1. The van der Waals surface area contributed by atoms with Crippen molar-refractivity contribution in [3.05, 3.63) is 50.9 Å². The van der Waals surface area contributed by atoms with Crippen LogP contribution in [0.4, 0.5) is 10.1 Å². The Bertz CT molecular complexity index is 585. The SMILES string of the molecule is CCOC(=O)C(Nc1ccc(F)cc1)c1sccc1Br. The van der Waals surface area contributed by atoms with E-state index in [1.54, 1.807) is 19.1 Å². The number of benzene rings is 1. The van der Waals surface area contributed by atoms with Gasteiger partial charge in [0.1, 0.15) is 5.82 Å². The van der Waals surface area contributed by atoms with Gasteiger partial charge in [-0.1, -0.05) is 0 Å². The fourth-order valence-electron chi connectivity index (χ4n) is 1.68. The van der Waals surface area contributed by atoms with E-state index >= 15 is 0 Å². The number of nitrogens with one attached hydrogen (secondary N) is 1. The fourth-order valence-corrected chi connectivity index (χ4v) is 3.32. The number of rotatable bonds is 5. The molecule has 0 aliphatic carbocycles. The molecule has 0 spiro atoms. The first-order chi connectivity index (χ1) is 9.61. The average molecular weight is 358 g/mol. The molecule has 1 unspecified atom stereocenters. The highest BCUT2D eigenvalue weighted by Gasteiger charge is 2.25. The molecule has 0 saturated carbocycles. The molecule has 0 aliphatic heterocycles. The van der Waals surface area contributed by atoms with Gasteiger partial charge in [-0.05, 0) is 58.6 Å². The van der Waals surface area contributed by atoms with E-state index in [-0.39, 0.29) is 11.8 Å². The quantitative estimate of drug-likeness (QED) is 0.807. The van der Waals surface area contributed by atoms with Gasteiger partial charge in [-0.3, -0.25) is 0 Å². The van der Waals surface area contributed by atoms with Gasteiger partial charge in [-0.15, -0.1) is 11.3 Å². The number of esters is 1. The standard InChI is InChI=1S/C14H13BrFNO2S/c1-2-19-14(18)12(13-11(15)7-8-20-13)17-10-5-3-9(16)4-6-10/h3-8,12,17H,2H2,1H3. The molecule has 0 fully saturated rings. The van der Waals surface area contributed by atoms with E-state index in [2.05, 4.69) is 21.2 Å². The number of hydrogen-bond donors (Lipinski definition) is 1. The lowest BCUT2D eigenvalue weighted by Crippen LogP contribution is -2.22. The van der Waals surface area contributed by atoms with Crippen molar-refractivity contribution in [3.63, 3.8) is 0 Å². The fraction of sp³-hybridized carbons (Fsp3) is 0.214. The molecule has 20 heavy (non-hydrogen) atoms. The molecule has 2 rings (SSSR count). The molecule has 1 atom stereocenters. The molecule has 0 bridgehead atoms. The molecule has 1 aromatic heterocycles. The van der Waals surface area contributed by atoms with Gasteiger partial charge in [-0.25, -0.2) is 9.18 Å². The van der Waals surface area contributed by atoms with Crippen molar-refractivity contribution >= 4 is 38.9 Å². The number of carbonyl (C=O) groups is 1. The zero-order valence-electron chi connectivity index (χ0n) is 10.7. The van der Waals surface area contributed by atoms with Crippen molar-refractivity contribution in [3.8, 4) is 0 Å². The van der Waals surface area contributed by atoms with Crippen molar-refractivity contribution in [2.45, 2.75) is 13.0 Å². The Morgan fingerprint density at radius 1 is 1.40 bits per heavy atom. The van der Waals surface area contributed by atoms with Crippen molar-refractivity contribution in [2.24, 2.45) is 0 Å². The van der Waals surface area contributed by atoms with E-state index in [4.69, 9.17) is 4.74 Å². The Balaban J connectivity index is 2.25. The first-order valence-electron chi connectivity index (χ1n) is 6.03. The summed E-state index contributed by atoms with van der Waals surface area (Å²) in [5.74, 6) is -0.680. The smallest absolute Gasteiger partial charge is 0.334 e. The number of hydrogen-bond acceptors (Lipinski definition) is 4. The normalized spacial score (nSPS) is 11.9. The Hall–Kier alpha value is -1.40. The largest absolute Gasteiger partial charge is 0.464 e. The van der Waals surface area contributed by atoms with Crippen molar-refractivity contribution < 1.29 is 13.9 Å². The van der Waals surface area contributed by atoms with Gasteiger partial charge in [0.15, 0.2) is 6.04 Å². The number of thiophene rings is 1. The molecule has 1 aromatic carbocycles. The molecule has 0 amide bonds. The first-order valence-corrected chi connectivity index (χ1v) is 7.70. The van der Waals surface area contributed by atoms with E-state index < -0.39 is 6.04 Å². The number of anilines is 1. The van der Waals surface area contributed by atoms with Crippen LogP contribution in [0.5, 0.6) is 0 Å². The summed E-state index contributed by atoms with van der Waals surface area (Å²) < 4.78 is 18.8. The summed E-state index contributed by atoms with van der Waals surface area (Å²) in [6.45, 7) is 2.07. The highest BCUT2D eigenvalue weighted by molar-refractivity contribution is 9.10. The predicted octanol–water partition coefficient (Wildman–Crippen LogP) is 4.37. The molecule has 1 heterocycles. The van der Waals surface area contributed by atoms with Crippen LogP contribution < -0.4 is 5.32 Å². The van der Waals surface area contributed by atoms with Crippen molar-refractivity contribution in [1.82, 2.24) is 0 Å². The molecule has 2 aromatic rings. The lowest BCUT2D eigenvalue weighted by Gasteiger charge is -2.17. The van der Waals surface area contributed by atoms with E-state index in [1.807, 2.05) is 11.4 Å². The predicted molar refractivity (Wildman–Crippen MR) is 81.4 cm³/mol. The van der Waals surface area contributed by atoms with E-state index in [1.165, 1.54) is 23.5 Å². The Morgan fingerprint density at radius 2 is 2.10 bits per heavy atom. The Morgan fingerprint density at radius 3 is 2.65 bits per heavy atom. The minimum atomic E-state index is -0.616. The third kappa shape index (κ3) is 3.58. The Kier molecular flexibility index (Phi) is 5.14. The molecule has 1 N–H and O–H groups in total. The lowest BCUT2D eigenvalue weighted by atomic mass is 10.2. The summed E-state index contributed by atoms with van der Waals surface area (Å²) in [5.41, 5.74) is 0.657. The summed E-state index contributed by atoms with van der Waals surface area (Å²) in [7, 11) is 0. The van der Waals surface area contributed by atoms with Crippen molar-refractivity contribution in [1.29, 1.82) is 0 Å². The summed E-state index contributed by atoms with van der Waals surface area (Å²) >= 11 is 4.86. The first kappa shape index (κ1) is 15.0. The summed E-state index contributed by atoms with van der Waals surface area (Å²) in [6.07, 6.45) is 0. The van der Waals surface area contributed by atoms with Gasteiger partial charge in [0.05, 0.1) is 11.5 Å².